The molecule has 2 heterocycles. The zero-order chi connectivity index (χ0) is 17.8. The van der Waals surface area contributed by atoms with Gasteiger partial charge in [-0.1, -0.05) is 29.8 Å². The van der Waals surface area contributed by atoms with Crippen LogP contribution >= 0.6 is 11.6 Å². The van der Waals surface area contributed by atoms with Gasteiger partial charge >= 0.3 is 5.97 Å². The lowest BCUT2D eigenvalue weighted by Crippen LogP contribution is -2.37. The Morgan fingerprint density at radius 2 is 2.12 bits per heavy atom. The van der Waals surface area contributed by atoms with Crippen molar-refractivity contribution in [1.82, 2.24) is 10.2 Å². The first-order chi connectivity index (χ1) is 12.1. The summed E-state index contributed by atoms with van der Waals surface area (Å²) in [5.74, 6) is -0.362. The van der Waals surface area contributed by atoms with Crippen molar-refractivity contribution in [2.24, 2.45) is 0 Å². The van der Waals surface area contributed by atoms with Crippen LogP contribution in [0.4, 0.5) is 0 Å². The lowest BCUT2D eigenvalue weighted by atomic mass is 10.1. The van der Waals surface area contributed by atoms with E-state index in [-0.39, 0.29) is 23.7 Å². The number of rotatable bonds is 5. The molecule has 1 amide bonds. The molecular formula is C18H19ClN2O4. The fourth-order valence-electron chi connectivity index (χ4n) is 3.07. The summed E-state index contributed by atoms with van der Waals surface area (Å²) in [5.41, 5.74) is 0.927. The molecule has 132 valence electrons. The summed E-state index contributed by atoms with van der Waals surface area (Å²) in [5, 5.41) is 3.55. The van der Waals surface area contributed by atoms with Crippen molar-refractivity contribution in [2.45, 2.75) is 25.0 Å². The Morgan fingerprint density at radius 3 is 2.80 bits per heavy atom. The van der Waals surface area contributed by atoms with Crippen LogP contribution in [0.1, 0.15) is 22.5 Å². The molecule has 1 fully saturated rings. The number of hydrogen-bond acceptors (Lipinski definition) is 5. The van der Waals surface area contributed by atoms with Crippen molar-refractivity contribution in [3.8, 4) is 0 Å². The normalized spacial score (nSPS) is 20.4. The Hall–Kier alpha value is -2.31. The van der Waals surface area contributed by atoms with Gasteiger partial charge in [-0.25, -0.2) is 0 Å². The molecule has 1 N–H and O–H groups in total. The molecule has 2 atom stereocenters. The van der Waals surface area contributed by atoms with Crippen LogP contribution in [0.2, 0.25) is 5.02 Å². The number of methoxy groups -OCH3 is 1. The number of likely N-dealkylation sites (tertiary alicyclic amines) is 1. The largest absolute Gasteiger partial charge is 0.468 e. The van der Waals surface area contributed by atoms with Gasteiger partial charge in [-0.2, -0.15) is 0 Å². The van der Waals surface area contributed by atoms with E-state index >= 15 is 0 Å². The van der Waals surface area contributed by atoms with Gasteiger partial charge in [0.25, 0.3) is 5.91 Å². The predicted octanol–water partition coefficient (Wildman–Crippen LogP) is 2.48. The molecule has 0 saturated carbocycles. The van der Waals surface area contributed by atoms with Crippen molar-refractivity contribution >= 4 is 23.5 Å². The van der Waals surface area contributed by atoms with Crippen LogP contribution in [0.5, 0.6) is 0 Å². The molecule has 1 aromatic heterocycles. The standard InChI is InChI=1S/C18H19ClN2O4/c1-24-18(23)15-9-13(20-17(22)16-7-4-8-25-16)11-21(15)10-12-5-2-3-6-14(12)19/h2-8,13,15H,9-11H2,1H3,(H,20,22)/t13-,15-/m0/s1. The van der Waals surface area contributed by atoms with E-state index in [1.54, 1.807) is 12.1 Å². The Bertz CT molecular complexity index is 747. The molecule has 0 unspecified atom stereocenters. The van der Waals surface area contributed by atoms with Gasteiger partial charge in [0, 0.05) is 24.2 Å². The summed E-state index contributed by atoms with van der Waals surface area (Å²) >= 11 is 6.23. The Morgan fingerprint density at radius 1 is 1.32 bits per heavy atom. The molecule has 1 aliphatic heterocycles. The molecule has 0 spiro atoms. The van der Waals surface area contributed by atoms with E-state index in [1.165, 1.54) is 13.4 Å². The zero-order valence-electron chi connectivity index (χ0n) is 13.8. The minimum absolute atomic E-state index is 0.177. The quantitative estimate of drug-likeness (QED) is 0.827. The predicted molar refractivity (Wildman–Crippen MR) is 92.2 cm³/mol. The van der Waals surface area contributed by atoms with E-state index in [1.807, 2.05) is 29.2 Å². The van der Waals surface area contributed by atoms with Crippen LogP contribution in [0.3, 0.4) is 0 Å². The van der Waals surface area contributed by atoms with E-state index in [0.29, 0.717) is 24.5 Å². The van der Waals surface area contributed by atoms with Gasteiger partial charge < -0.3 is 14.5 Å². The highest BCUT2D eigenvalue weighted by atomic mass is 35.5. The van der Waals surface area contributed by atoms with Gasteiger partial charge in [-0.3, -0.25) is 14.5 Å². The molecule has 0 aliphatic carbocycles. The summed E-state index contributed by atoms with van der Waals surface area (Å²) in [6.45, 7) is 1.03. The van der Waals surface area contributed by atoms with Crippen LogP contribution in [-0.4, -0.2) is 42.5 Å². The first-order valence-electron chi connectivity index (χ1n) is 7.98. The monoisotopic (exact) mass is 362 g/mol. The molecule has 1 saturated heterocycles. The average molecular weight is 363 g/mol. The third-order valence-corrected chi connectivity index (χ3v) is 4.66. The maximum Gasteiger partial charge on any atom is 0.323 e. The number of esters is 1. The van der Waals surface area contributed by atoms with Gasteiger partial charge in [0.1, 0.15) is 6.04 Å². The van der Waals surface area contributed by atoms with Crippen LogP contribution in [0.25, 0.3) is 0 Å². The second kappa shape index (κ2) is 7.72. The van der Waals surface area contributed by atoms with E-state index in [4.69, 9.17) is 20.8 Å². The second-order valence-electron chi connectivity index (χ2n) is 5.94. The molecule has 25 heavy (non-hydrogen) atoms. The Labute approximate surface area is 150 Å². The zero-order valence-corrected chi connectivity index (χ0v) is 14.5. The summed E-state index contributed by atoms with van der Waals surface area (Å²) in [7, 11) is 1.37. The smallest absolute Gasteiger partial charge is 0.323 e. The SMILES string of the molecule is COC(=O)[C@@H]1C[C@H](NC(=O)c2ccco2)CN1Cc1ccccc1Cl. The van der Waals surface area contributed by atoms with Crippen molar-refractivity contribution in [3.05, 3.63) is 59.0 Å². The summed E-state index contributed by atoms with van der Waals surface area (Å²) in [4.78, 5) is 26.3. The highest BCUT2D eigenvalue weighted by molar-refractivity contribution is 6.31. The van der Waals surface area contributed by atoms with E-state index in [2.05, 4.69) is 5.32 Å². The highest BCUT2D eigenvalue weighted by Gasteiger charge is 2.38. The second-order valence-corrected chi connectivity index (χ2v) is 6.35. The van der Waals surface area contributed by atoms with Crippen LogP contribution < -0.4 is 5.32 Å². The lowest BCUT2D eigenvalue weighted by molar-refractivity contribution is -0.146. The highest BCUT2D eigenvalue weighted by Crippen LogP contribution is 2.25. The Balaban J connectivity index is 1.71. The van der Waals surface area contributed by atoms with Gasteiger partial charge in [-0.15, -0.1) is 0 Å². The molecular weight excluding hydrogens is 344 g/mol. The molecule has 6 nitrogen and oxygen atoms in total. The average Bonchev–Trinajstić information content (AvgIpc) is 3.26. The summed E-state index contributed by atoms with van der Waals surface area (Å²) in [6, 6.07) is 10.2. The molecule has 0 bridgehead atoms. The van der Waals surface area contributed by atoms with Crippen molar-refractivity contribution in [1.29, 1.82) is 0 Å². The summed E-state index contributed by atoms with van der Waals surface area (Å²) < 4.78 is 10.0. The third-order valence-electron chi connectivity index (χ3n) is 4.29. The van der Waals surface area contributed by atoms with Crippen molar-refractivity contribution < 1.29 is 18.7 Å². The molecule has 0 radical (unpaired) electrons. The van der Waals surface area contributed by atoms with E-state index in [9.17, 15) is 9.59 Å². The number of carbonyl (C=O) groups is 2. The van der Waals surface area contributed by atoms with Crippen molar-refractivity contribution in [3.63, 3.8) is 0 Å². The van der Waals surface area contributed by atoms with Gasteiger partial charge in [0.2, 0.25) is 0 Å². The molecule has 1 aromatic carbocycles. The molecule has 2 aromatic rings. The molecule has 3 rings (SSSR count). The van der Waals surface area contributed by atoms with Crippen LogP contribution in [0.15, 0.2) is 47.1 Å². The minimum atomic E-state index is -0.428. The summed E-state index contributed by atoms with van der Waals surface area (Å²) in [6.07, 6.45) is 1.92. The lowest BCUT2D eigenvalue weighted by Gasteiger charge is -2.22. The van der Waals surface area contributed by atoms with Gasteiger partial charge in [0.05, 0.1) is 13.4 Å². The van der Waals surface area contributed by atoms with Gasteiger partial charge in [-0.05, 0) is 30.2 Å². The van der Waals surface area contributed by atoms with Crippen LogP contribution in [-0.2, 0) is 16.1 Å². The third kappa shape index (κ3) is 4.03. The number of furan rings is 1. The Kier molecular flexibility index (Phi) is 5.40. The van der Waals surface area contributed by atoms with Gasteiger partial charge in [0.15, 0.2) is 5.76 Å². The van der Waals surface area contributed by atoms with E-state index in [0.717, 1.165) is 5.56 Å². The number of nitrogens with one attached hydrogen (secondary N) is 1. The molecule has 7 heteroatoms. The number of carbonyl (C=O) groups excluding carboxylic acids is 2. The fraction of sp³-hybridized carbons (Fsp3) is 0.333. The molecule has 1 aliphatic rings. The first-order valence-corrected chi connectivity index (χ1v) is 8.36. The topological polar surface area (TPSA) is 71.8 Å². The minimum Gasteiger partial charge on any atom is -0.468 e. The fourth-order valence-corrected chi connectivity index (χ4v) is 3.27. The van der Waals surface area contributed by atoms with Crippen molar-refractivity contribution in [2.75, 3.05) is 13.7 Å². The number of halogens is 1. The maximum atomic E-state index is 12.2. The first kappa shape index (κ1) is 17.5. The number of hydrogen-bond donors (Lipinski definition) is 1. The van der Waals surface area contributed by atoms with Crippen LogP contribution in [0, 0.1) is 0 Å². The maximum absolute atomic E-state index is 12.2. The number of amides is 1. The number of ether oxygens (including phenoxy) is 1. The number of nitrogens with zero attached hydrogens (tertiary/aromatic N) is 1. The van der Waals surface area contributed by atoms with E-state index < -0.39 is 6.04 Å². The number of benzene rings is 1.